The molecule has 3 aromatic rings. The van der Waals surface area contributed by atoms with Crippen molar-refractivity contribution >= 4 is 35.4 Å². The average molecular weight is 617 g/mol. The Bertz CT molecular complexity index is 1500. The average Bonchev–Trinajstić information content (AvgIpc) is 3.33. The lowest BCUT2D eigenvalue weighted by molar-refractivity contribution is -0.147. The van der Waals surface area contributed by atoms with Crippen LogP contribution in [-0.2, 0) is 27.3 Å². The molecular weight excluding hydrogens is 576 g/mol. The number of amides is 4. The van der Waals surface area contributed by atoms with Gasteiger partial charge in [-0.15, -0.1) is 11.8 Å². The van der Waals surface area contributed by atoms with Crippen LogP contribution in [0.15, 0.2) is 78.9 Å². The number of rotatable bonds is 11. The number of aliphatic hydroxyl groups excluding tert-OH is 1. The number of benzene rings is 3. The van der Waals surface area contributed by atoms with Crippen molar-refractivity contribution in [3.63, 3.8) is 0 Å². The summed E-state index contributed by atoms with van der Waals surface area (Å²) in [6.45, 7) is 7.61. The summed E-state index contributed by atoms with van der Waals surface area (Å²) < 4.78 is -0.608. The molecule has 3 aromatic carbocycles. The molecule has 4 N–H and O–H groups in total. The van der Waals surface area contributed by atoms with Crippen LogP contribution in [0.5, 0.6) is 0 Å². The quantitative estimate of drug-likeness (QED) is 0.262. The first-order valence-electron chi connectivity index (χ1n) is 14.6. The maximum absolute atomic E-state index is 13.8. The van der Waals surface area contributed by atoms with E-state index in [0.29, 0.717) is 12.1 Å². The van der Waals surface area contributed by atoms with Crippen LogP contribution >= 0.6 is 11.8 Å². The number of nitrogens with zero attached hydrogens (tertiary/aromatic N) is 1. The van der Waals surface area contributed by atoms with Crippen LogP contribution in [0.2, 0.25) is 0 Å². The van der Waals surface area contributed by atoms with Gasteiger partial charge in [0.15, 0.2) is 6.10 Å². The van der Waals surface area contributed by atoms with E-state index >= 15 is 0 Å². The van der Waals surface area contributed by atoms with Gasteiger partial charge in [0.2, 0.25) is 11.8 Å². The van der Waals surface area contributed by atoms with Crippen LogP contribution < -0.4 is 16.0 Å². The van der Waals surface area contributed by atoms with Crippen molar-refractivity contribution in [1.29, 1.82) is 0 Å². The highest BCUT2D eigenvalue weighted by Gasteiger charge is 2.49. The molecule has 1 fully saturated rings. The van der Waals surface area contributed by atoms with Crippen LogP contribution in [0.1, 0.15) is 46.5 Å². The summed E-state index contributed by atoms with van der Waals surface area (Å²) >= 11 is 1.45. The fraction of sp³-hybridized carbons (Fsp3) is 0.353. The van der Waals surface area contributed by atoms with Crippen molar-refractivity contribution in [3.05, 3.63) is 107 Å². The van der Waals surface area contributed by atoms with E-state index in [-0.39, 0.29) is 24.7 Å². The first-order valence-corrected chi connectivity index (χ1v) is 15.6. The summed E-state index contributed by atoms with van der Waals surface area (Å²) in [5, 5.41) is 19.7. The molecule has 3 atom stereocenters. The Balaban J connectivity index is 1.47. The molecule has 1 heterocycles. The van der Waals surface area contributed by atoms with Gasteiger partial charge in [0.1, 0.15) is 6.04 Å². The number of carbonyl (C=O) groups is 4. The highest BCUT2D eigenvalue weighted by atomic mass is 32.2. The molecule has 232 valence electrons. The number of thioether (sulfide) groups is 1. The van der Waals surface area contributed by atoms with E-state index in [1.165, 1.54) is 16.7 Å². The summed E-state index contributed by atoms with van der Waals surface area (Å²) in [5.41, 5.74) is 4.16. The van der Waals surface area contributed by atoms with Crippen molar-refractivity contribution in [2.45, 2.75) is 63.6 Å². The van der Waals surface area contributed by atoms with Gasteiger partial charge in [0.25, 0.3) is 11.8 Å². The third-order valence-electron chi connectivity index (χ3n) is 7.76. The van der Waals surface area contributed by atoms with E-state index in [1.54, 1.807) is 18.2 Å². The Morgan fingerprint density at radius 1 is 0.955 bits per heavy atom. The molecule has 0 aromatic heterocycles. The predicted octanol–water partition coefficient (Wildman–Crippen LogP) is 3.12. The molecule has 0 saturated carbocycles. The minimum Gasteiger partial charge on any atom is -0.381 e. The van der Waals surface area contributed by atoms with Gasteiger partial charge in [0, 0.05) is 16.9 Å². The van der Waals surface area contributed by atoms with Gasteiger partial charge in [-0.2, -0.15) is 0 Å². The fourth-order valence-electron chi connectivity index (χ4n) is 5.26. The molecule has 0 aliphatic carbocycles. The molecule has 4 amide bonds. The molecule has 1 aliphatic heterocycles. The molecule has 9 nitrogen and oxygen atoms in total. The maximum atomic E-state index is 13.8. The van der Waals surface area contributed by atoms with E-state index < -0.39 is 40.7 Å². The molecule has 44 heavy (non-hydrogen) atoms. The van der Waals surface area contributed by atoms with Gasteiger partial charge < -0.3 is 26.0 Å². The van der Waals surface area contributed by atoms with Gasteiger partial charge in [-0.3, -0.25) is 19.2 Å². The van der Waals surface area contributed by atoms with Crippen molar-refractivity contribution in [2.75, 3.05) is 12.4 Å². The monoisotopic (exact) mass is 616 g/mol. The Morgan fingerprint density at radius 3 is 2.36 bits per heavy atom. The Labute approximate surface area is 262 Å². The minimum absolute atomic E-state index is 0.167. The van der Waals surface area contributed by atoms with Crippen LogP contribution in [0.4, 0.5) is 0 Å². The van der Waals surface area contributed by atoms with Crippen LogP contribution in [-0.4, -0.2) is 69.0 Å². The van der Waals surface area contributed by atoms with Gasteiger partial charge >= 0.3 is 0 Å². The number of nitrogens with one attached hydrogen (secondary N) is 3. The number of carbonyl (C=O) groups excluding carboxylic acids is 4. The van der Waals surface area contributed by atoms with Gasteiger partial charge in [-0.05, 0) is 62.9 Å². The number of hydrogen-bond donors (Lipinski definition) is 4. The molecular formula is C34H40N4O5S. The second kappa shape index (κ2) is 14.5. The summed E-state index contributed by atoms with van der Waals surface area (Å²) in [5.74, 6) is -1.71. The Hall–Kier alpha value is -4.15. The normalized spacial score (nSPS) is 16.9. The van der Waals surface area contributed by atoms with E-state index in [9.17, 15) is 24.3 Å². The van der Waals surface area contributed by atoms with Gasteiger partial charge in [0.05, 0.1) is 18.5 Å². The second-order valence-corrected chi connectivity index (χ2v) is 13.2. The fourth-order valence-corrected chi connectivity index (χ4v) is 6.40. The van der Waals surface area contributed by atoms with Crippen molar-refractivity contribution < 1.29 is 24.3 Å². The molecule has 1 saturated heterocycles. The van der Waals surface area contributed by atoms with E-state index in [0.717, 1.165) is 22.3 Å². The molecule has 0 spiro atoms. The standard InChI is InChI=1S/C34H40N4O5S/c1-22-11-10-16-25(17-22)31(41)36-20-28(39)37-27(18-24-13-6-5-7-14-24)29(40)33(43)38-21-44-34(3,4)30(38)32(42)35-19-26-15-9-8-12-23(26)2/h5-17,27,29-30,40H,18-21H2,1-4H3,(H,35,42)(H,36,41)(H,37,39). The maximum Gasteiger partial charge on any atom is 0.254 e. The van der Waals surface area contributed by atoms with Gasteiger partial charge in [-0.1, -0.05) is 72.3 Å². The number of hydrogen-bond acceptors (Lipinski definition) is 6. The lowest BCUT2D eigenvalue weighted by atomic mass is 9.97. The summed E-state index contributed by atoms with van der Waals surface area (Å²) in [4.78, 5) is 54.3. The lowest BCUT2D eigenvalue weighted by Crippen LogP contribution is -2.59. The predicted molar refractivity (Wildman–Crippen MR) is 172 cm³/mol. The Kier molecular flexibility index (Phi) is 10.8. The summed E-state index contributed by atoms with van der Waals surface area (Å²) in [6.07, 6.45) is -1.47. The highest BCUT2D eigenvalue weighted by Crippen LogP contribution is 2.40. The summed E-state index contributed by atoms with van der Waals surface area (Å²) in [6, 6.07) is 22.1. The molecule has 0 bridgehead atoms. The topological polar surface area (TPSA) is 128 Å². The largest absolute Gasteiger partial charge is 0.381 e. The zero-order chi connectivity index (χ0) is 31.9. The number of aliphatic hydroxyl groups is 1. The zero-order valence-electron chi connectivity index (χ0n) is 25.5. The third-order valence-corrected chi connectivity index (χ3v) is 9.13. The third kappa shape index (κ3) is 8.27. The first kappa shape index (κ1) is 32.8. The van der Waals surface area contributed by atoms with E-state index in [2.05, 4.69) is 16.0 Å². The SMILES string of the molecule is Cc1cccc(C(=O)NCC(=O)NC(Cc2ccccc2)C(O)C(=O)N2CSC(C)(C)C2C(=O)NCc2ccccc2C)c1. The molecule has 0 radical (unpaired) electrons. The van der Waals surface area contributed by atoms with Crippen LogP contribution in [0, 0.1) is 13.8 Å². The van der Waals surface area contributed by atoms with Crippen LogP contribution in [0.3, 0.4) is 0 Å². The van der Waals surface area contributed by atoms with Gasteiger partial charge in [-0.25, -0.2) is 0 Å². The lowest BCUT2D eigenvalue weighted by Gasteiger charge is -2.33. The van der Waals surface area contributed by atoms with E-state index in [4.69, 9.17) is 0 Å². The highest BCUT2D eigenvalue weighted by molar-refractivity contribution is 8.00. The summed E-state index contributed by atoms with van der Waals surface area (Å²) in [7, 11) is 0. The van der Waals surface area contributed by atoms with Crippen LogP contribution in [0.25, 0.3) is 0 Å². The molecule has 1 aliphatic rings. The second-order valence-electron chi connectivity index (χ2n) is 11.6. The van der Waals surface area contributed by atoms with Crippen molar-refractivity contribution in [3.8, 4) is 0 Å². The first-order chi connectivity index (χ1) is 21.0. The smallest absolute Gasteiger partial charge is 0.254 e. The molecule has 4 rings (SSSR count). The van der Waals surface area contributed by atoms with E-state index in [1.807, 2.05) is 88.4 Å². The molecule has 10 heteroatoms. The number of aryl methyl sites for hydroxylation is 2. The Morgan fingerprint density at radius 2 is 1.66 bits per heavy atom. The van der Waals surface area contributed by atoms with Crippen molar-refractivity contribution in [1.82, 2.24) is 20.9 Å². The zero-order valence-corrected chi connectivity index (χ0v) is 26.3. The molecule has 3 unspecified atom stereocenters. The van der Waals surface area contributed by atoms with Crippen molar-refractivity contribution in [2.24, 2.45) is 0 Å². The minimum atomic E-state index is -1.63.